The highest BCUT2D eigenvalue weighted by Crippen LogP contribution is 2.41. The van der Waals surface area contributed by atoms with Crippen molar-refractivity contribution < 1.29 is 23.0 Å². The second kappa shape index (κ2) is 18.3. The summed E-state index contributed by atoms with van der Waals surface area (Å²) >= 11 is 0. The molecule has 0 N–H and O–H groups in total. The molecule has 11 aromatic rings. The third-order valence-electron chi connectivity index (χ3n) is 14.0. The quantitative estimate of drug-likeness (QED) is 0.101. The molecule has 3 aromatic heterocycles. The topological polar surface area (TPSA) is 35.9 Å². The first-order valence-corrected chi connectivity index (χ1v) is 24.6. The summed E-state index contributed by atoms with van der Waals surface area (Å²) in [7, 11) is 0. The van der Waals surface area contributed by atoms with Crippen molar-refractivity contribution >= 4 is 32.8 Å². The number of fused-ring (bicyclic) bond motifs is 4. The van der Waals surface area contributed by atoms with Crippen molar-refractivity contribution in [2.45, 2.75) is 79.1 Å². The lowest BCUT2D eigenvalue weighted by atomic mass is 9.84. The molecule has 356 valence electrons. The average molecular weight is 949 g/mol. The molecule has 1 atom stereocenters. The normalized spacial score (nSPS) is 14.5. The molecule has 0 bridgehead atoms. The Morgan fingerprint density at radius 2 is 1.19 bits per heavy atom. The van der Waals surface area contributed by atoms with E-state index in [-0.39, 0.29) is 44.7 Å². The third kappa shape index (κ3) is 8.57. The molecular formula is C67H62N4O. The van der Waals surface area contributed by atoms with Gasteiger partial charge in [0, 0.05) is 28.6 Å². The summed E-state index contributed by atoms with van der Waals surface area (Å²) in [6.45, 7) is 20.2. The molecule has 11 rings (SSSR count). The number of hydrogen-bond acceptors (Lipinski definition) is 2. The lowest BCUT2D eigenvalue weighted by Crippen LogP contribution is -2.31. The van der Waals surface area contributed by atoms with Crippen LogP contribution in [0.25, 0.3) is 83.4 Å². The number of nitrogens with zero attached hydrogens (tertiary/aromatic N) is 4. The SMILES string of the molecule is [2H]c1c([2H])c([2H])c(-c2cccc(-c3c([2H])c([2H])c([2H])c([2H])c3[2H])c2-[n+]2[c-]n(-c3cccc(Oc4ccc5c6cc(C(C)(C)C)ccc6n(-c6cc(C(C)C(C)C)c(-c7ccc(C(C)(C)C)cc7)cn6)c5c4)c3)c3ccccc32)c([2H])c1[2H]. The second-order valence-electron chi connectivity index (χ2n) is 21.0. The summed E-state index contributed by atoms with van der Waals surface area (Å²) < 4.78 is 100. The van der Waals surface area contributed by atoms with E-state index in [4.69, 9.17) is 23.4 Å². The molecule has 0 saturated heterocycles. The molecule has 5 heteroatoms. The molecule has 5 nitrogen and oxygen atoms in total. The van der Waals surface area contributed by atoms with Crippen molar-refractivity contribution in [2.24, 2.45) is 5.92 Å². The minimum atomic E-state index is -0.567. The number of hydrogen-bond donors (Lipinski definition) is 0. The molecular weight excluding hydrogens is 877 g/mol. The summed E-state index contributed by atoms with van der Waals surface area (Å²) in [6, 6.07) is 38.5. The second-order valence-corrected chi connectivity index (χ2v) is 21.0. The van der Waals surface area contributed by atoms with E-state index in [1.54, 1.807) is 22.8 Å². The predicted octanol–water partition coefficient (Wildman–Crippen LogP) is 17.3. The highest BCUT2D eigenvalue weighted by Gasteiger charge is 2.24. The number of pyridine rings is 1. The molecule has 0 amide bonds. The molecule has 0 aliphatic carbocycles. The van der Waals surface area contributed by atoms with E-state index in [9.17, 15) is 0 Å². The summed E-state index contributed by atoms with van der Waals surface area (Å²) in [6.07, 6.45) is 5.50. The van der Waals surface area contributed by atoms with Crippen LogP contribution < -0.4 is 9.30 Å². The van der Waals surface area contributed by atoms with Gasteiger partial charge in [-0.3, -0.25) is 13.7 Å². The Morgan fingerprint density at radius 1 is 0.556 bits per heavy atom. The van der Waals surface area contributed by atoms with Crippen LogP contribution in [0.4, 0.5) is 0 Å². The fourth-order valence-electron chi connectivity index (χ4n) is 9.68. The van der Waals surface area contributed by atoms with Gasteiger partial charge in [0.25, 0.3) is 6.33 Å². The van der Waals surface area contributed by atoms with E-state index < -0.39 is 60.4 Å². The summed E-state index contributed by atoms with van der Waals surface area (Å²) in [5, 5.41) is 2.15. The first-order chi connectivity index (χ1) is 38.8. The van der Waals surface area contributed by atoms with Crippen molar-refractivity contribution in [1.29, 1.82) is 0 Å². The fourth-order valence-corrected chi connectivity index (χ4v) is 9.68. The van der Waals surface area contributed by atoms with Crippen molar-refractivity contribution in [3.05, 3.63) is 223 Å². The van der Waals surface area contributed by atoms with Crippen LogP contribution in [0.2, 0.25) is 0 Å². The van der Waals surface area contributed by atoms with Gasteiger partial charge in [0.15, 0.2) is 0 Å². The Kier molecular flexibility index (Phi) is 9.15. The van der Waals surface area contributed by atoms with Crippen molar-refractivity contribution in [3.63, 3.8) is 0 Å². The maximum Gasteiger partial charge on any atom is 0.269 e. The molecule has 1 unspecified atom stereocenters. The molecule has 72 heavy (non-hydrogen) atoms. The van der Waals surface area contributed by atoms with Crippen LogP contribution in [-0.4, -0.2) is 14.1 Å². The Morgan fingerprint density at radius 3 is 1.86 bits per heavy atom. The summed E-state index contributed by atoms with van der Waals surface area (Å²) in [4.78, 5) is 5.26. The number of benzene rings is 8. The molecule has 8 aromatic carbocycles. The van der Waals surface area contributed by atoms with Crippen LogP contribution >= 0.6 is 0 Å². The predicted molar refractivity (Wildman–Crippen MR) is 299 cm³/mol. The van der Waals surface area contributed by atoms with Crippen LogP contribution in [0.1, 0.15) is 98.6 Å². The molecule has 0 aliphatic heterocycles. The molecule has 0 aliphatic rings. The highest BCUT2D eigenvalue weighted by molar-refractivity contribution is 6.10. The van der Waals surface area contributed by atoms with Gasteiger partial charge in [0.05, 0.1) is 47.1 Å². The number of imidazole rings is 1. The van der Waals surface area contributed by atoms with E-state index in [1.165, 1.54) is 16.7 Å². The largest absolute Gasteiger partial charge is 0.458 e. The van der Waals surface area contributed by atoms with Gasteiger partial charge in [0.1, 0.15) is 17.3 Å². The minimum Gasteiger partial charge on any atom is -0.458 e. The Balaban J connectivity index is 1.06. The Labute approximate surface area is 438 Å². The lowest BCUT2D eigenvalue weighted by molar-refractivity contribution is -0.571. The Bertz CT molecular complexity index is 4250. The van der Waals surface area contributed by atoms with Gasteiger partial charge in [0.2, 0.25) is 0 Å². The summed E-state index contributed by atoms with van der Waals surface area (Å²) in [5.41, 5.74) is 9.89. The first kappa shape index (κ1) is 36.0. The van der Waals surface area contributed by atoms with Gasteiger partial charge >= 0.3 is 0 Å². The molecule has 0 spiro atoms. The molecule has 0 radical (unpaired) electrons. The van der Waals surface area contributed by atoms with Gasteiger partial charge < -0.3 is 4.74 Å². The minimum absolute atomic E-state index is 0.0251. The summed E-state index contributed by atoms with van der Waals surface area (Å²) in [5.74, 6) is 2.48. The van der Waals surface area contributed by atoms with Crippen molar-refractivity contribution in [1.82, 2.24) is 14.1 Å². The Hall–Kier alpha value is -8.02. The van der Waals surface area contributed by atoms with Crippen LogP contribution in [-0.2, 0) is 10.8 Å². The van der Waals surface area contributed by atoms with Crippen LogP contribution in [0.3, 0.4) is 0 Å². The van der Waals surface area contributed by atoms with Gasteiger partial charge in [-0.2, -0.15) is 0 Å². The van der Waals surface area contributed by atoms with E-state index in [1.807, 2.05) is 65.4 Å². The van der Waals surface area contributed by atoms with E-state index in [0.717, 1.165) is 38.8 Å². The molecule has 0 saturated carbocycles. The zero-order valence-electron chi connectivity index (χ0n) is 52.1. The molecule has 3 heterocycles. The number of para-hydroxylation sites is 3. The maximum absolute atomic E-state index is 9.09. The van der Waals surface area contributed by atoms with E-state index >= 15 is 0 Å². The monoisotopic (exact) mass is 949 g/mol. The van der Waals surface area contributed by atoms with Gasteiger partial charge in [-0.15, -0.1) is 0 Å². The van der Waals surface area contributed by atoms with Crippen LogP contribution in [0.5, 0.6) is 11.5 Å². The highest BCUT2D eigenvalue weighted by atomic mass is 16.5. The van der Waals surface area contributed by atoms with Crippen LogP contribution in [0, 0.1) is 12.2 Å². The lowest BCUT2D eigenvalue weighted by Gasteiger charge is -2.23. The van der Waals surface area contributed by atoms with Crippen molar-refractivity contribution in [3.8, 4) is 62.1 Å². The number of aromatic nitrogens is 4. The standard InChI is InChI=1S/C67H62N4O/c1-44(2)45(3)57-41-64(68-42-59(57)48-30-32-49(33-31-48)66(4,5)6)71-60-37-34-50(67(7,8)9)38-58(60)56-36-35-53(40-63(56)71)72-52-25-18-24-51(39-52)69-43-70(62-29-17-16-28-61(62)69)65-54(46-20-12-10-13-21-46)26-19-27-55(65)47-22-14-11-15-23-47/h10-42,44-45H,1-9H3/i10D,11D,12D,13D,14D,15D,20D,21D,22D,23D. The van der Waals surface area contributed by atoms with Gasteiger partial charge in [-0.25, -0.2) is 4.98 Å². The van der Waals surface area contributed by atoms with Crippen molar-refractivity contribution in [2.75, 3.05) is 0 Å². The molecule has 0 fully saturated rings. The van der Waals surface area contributed by atoms with Gasteiger partial charge in [-0.1, -0.05) is 202 Å². The third-order valence-corrected chi connectivity index (χ3v) is 14.0. The van der Waals surface area contributed by atoms with E-state index in [0.29, 0.717) is 34.1 Å². The van der Waals surface area contributed by atoms with E-state index in [2.05, 4.69) is 134 Å². The number of rotatable bonds is 10. The first-order valence-electron chi connectivity index (χ1n) is 29.6. The zero-order chi connectivity index (χ0) is 58.6. The average Bonchev–Trinajstić information content (AvgIpc) is 2.25. The zero-order valence-corrected chi connectivity index (χ0v) is 42.1. The number of ether oxygens (including phenoxy) is 1. The smallest absolute Gasteiger partial charge is 0.269 e. The maximum atomic E-state index is 9.09. The van der Waals surface area contributed by atoms with Crippen LogP contribution in [0.15, 0.2) is 200 Å². The van der Waals surface area contributed by atoms with Gasteiger partial charge in [-0.05, 0) is 116 Å². The fraction of sp³-hybridized carbons (Fsp3) is 0.194.